The quantitative estimate of drug-likeness (QED) is 0.279. The zero-order chi connectivity index (χ0) is 28.6. The topological polar surface area (TPSA) is 101 Å². The van der Waals surface area contributed by atoms with Crippen LogP contribution >= 0.6 is 0 Å². The first-order valence-corrected chi connectivity index (χ1v) is 13.7. The zero-order valence-corrected chi connectivity index (χ0v) is 22.4. The van der Waals surface area contributed by atoms with Crippen molar-refractivity contribution in [2.75, 3.05) is 9.80 Å². The van der Waals surface area contributed by atoms with E-state index in [-0.39, 0.29) is 5.57 Å². The molecule has 6 atom stereocenters. The van der Waals surface area contributed by atoms with Crippen LogP contribution in [0.5, 0.6) is 5.75 Å². The molecule has 2 unspecified atom stereocenters. The van der Waals surface area contributed by atoms with Crippen LogP contribution in [0.15, 0.2) is 90.5 Å². The normalized spacial score (nSPS) is 28.1. The van der Waals surface area contributed by atoms with Crippen molar-refractivity contribution in [1.82, 2.24) is 0 Å². The highest BCUT2D eigenvalue weighted by Crippen LogP contribution is 2.61. The molecule has 3 aromatic carbocycles. The molecule has 2 saturated heterocycles. The number of carbonyl (C=O) groups is 5. The van der Waals surface area contributed by atoms with Crippen LogP contribution in [0.25, 0.3) is 0 Å². The molecule has 2 aliphatic heterocycles. The van der Waals surface area contributed by atoms with Crippen LogP contribution in [0.1, 0.15) is 11.1 Å². The van der Waals surface area contributed by atoms with Crippen LogP contribution in [-0.4, -0.2) is 29.6 Å². The molecule has 8 nitrogen and oxygen atoms in total. The molecular formula is C33H26N2O6. The highest BCUT2D eigenvalue weighted by atomic mass is 16.5. The van der Waals surface area contributed by atoms with Gasteiger partial charge in [-0.2, -0.15) is 0 Å². The maximum absolute atomic E-state index is 14.1. The van der Waals surface area contributed by atoms with Crippen molar-refractivity contribution in [1.29, 1.82) is 0 Å². The molecule has 0 aromatic heterocycles. The van der Waals surface area contributed by atoms with Gasteiger partial charge in [-0.25, -0.2) is 14.6 Å². The minimum atomic E-state index is -0.984. The highest BCUT2D eigenvalue weighted by molar-refractivity contribution is 6.27. The van der Waals surface area contributed by atoms with Gasteiger partial charge < -0.3 is 4.74 Å². The Balaban J connectivity index is 1.35. The first-order chi connectivity index (χ1) is 19.8. The maximum Gasteiger partial charge on any atom is 0.339 e. The Morgan fingerprint density at radius 1 is 0.585 bits per heavy atom. The lowest BCUT2D eigenvalue weighted by molar-refractivity contribution is -0.142. The maximum atomic E-state index is 14.1. The third kappa shape index (κ3) is 3.49. The molecule has 0 N–H and O–H groups in total. The van der Waals surface area contributed by atoms with Crippen molar-refractivity contribution in [3.63, 3.8) is 0 Å². The summed E-state index contributed by atoms with van der Waals surface area (Å²) in [6.45, 7) is 3.63. The van der Waals surface area contributed by atoms with Crippen molar-refractivity contribution in [3.8, 4) is 5.75 Å². The SMILES string of the molecule is Cc1ccccc1N1C(=O)[C@@H]2C3C=C(C(=O)Oc4ccccc4)C([C@@H]2C1=O)[C@@H]1C(=O)N(c2ccccc2C)C(=O)[C@@H]31. The van der Waals surface area contributed by atoms with Gasteiger partial charge in [-0.1, -0.05) is 60.7 Å². The number of hydrogen-bond acceptors (Lipinski definition) is 6. The number of rotatable bonds is 4. The Kier molecular flexibility index (Phi) is 5.57. The average molecular weight is 547 g/mol. The Bertz CT molecular complexity index is 1600. The second-order valence-electron chi connectivity index (χ2n) is 11.1. The lowest BCUT2D eigenvalue weighted by Gasteiger charge is -2.46. The van der Waals surface area contributed by atoms with E-state index < -0.39 is 65.1 Å². The molecule has 5 aliphatic rings. The van der Waals surface area contributed by atoms with Crippen molar-refractivity contribution < 1.29 is 28.7 Å². The van der Waals surface area contributed by atoms with Crippen LogP contribution in [0.2, 0.25) is 0 Å². The molecular weight excluding hydrogens is 520 g/mol. The Morgan fingerprint density at radius 3 is 1.51 bits per heavy atom. The number of benzene rings is 3. The van der Waals surface area contributed by atoms with E-state index in [4.69, 9.17) is 4.74 Å². The Hall–Kier alpha value is -4.85. The van der Waals surface area contributed by atoms with Gasteiger partial charge in [0.25, 0.3) is 0 Å². The summed E-state index contributed by atoms with van der Waals surface area (Å²) >= 11 is 0. The van der Waals surface area contributed by atoms with Gasteiger partial charge in [0, 0.05) is 17.4 Å². The lowest BCUT2D eigenvalue weighted by Crippen LogP contribution is -2.53. The van der Waals surface area contributed by atoms with Gasteiger partial charge in [0.1, 0.15) is 5.75 Å². The number of ether oxygens (including phenoxy) is 1. The first-order valence-electron chi connectivity index (χ1n) is 13.7. The molecule has 0 radical (unpaired) electrons. The summed E-state index contributed by atoms with van der Waals surface area (Å²) in [6, 6.07) is 22.7. The number of allylic oxidation sites excluding steroid dienone is 1. The van der Waals surface area contributed by atoms with Gasteiger partial charge >= 0.3 is 5.97 Å². The van der Waals surface area contributed by atoms with E-state index >= 15 is 0 Å². The molecule has 0 spiro atoms. The summed E-state index contributed by atoms with van der Waals surface area (Å²) < 4.78 is 5.66. The minimum Gasteiger partial charge on any atom is -0.423 e. The third-order valence-corrected chi connectivity index (χ3v) is 9.03. The summed E-state index contributed by atoms with van der Waals surface area (Å²) in [6.07, 6.45) is 1.62. The number of imide groups is 2. The molecule has 2 heterocycles. The van der Waals surface area contributed by atoms with E-state index in [9.17, 15) is 24.0 Å². The summed E-state index contributed by atoms with van der Waals surface area (Å²) in [7, 11) is 0. The first kappa shape index (κ1) is 25.1. The van der Waals surface area contributed by atoms with Crippen LogP contribution < -0.4 is 14.5 Å². The Morgan fingerprint density at radius 2 is 1.02 bits per heavy atom. The predicted octanol–water partition coefficient (Wildman–Crippen LogP) is 4.01. The molecule has 4 amide bonds. The molecule has 3 fully saturated rings. The van der Waals surface area contributed by atoms with Gasteiger partial charge in [-0.05, 0) is 49.2 Å². The second kappa shape index (κ2) is 9.09. The number of amides is 4. The second-order valence-corrected chi connectivity index (χ2v) is 11.1. The standard InChI is InChI=1S/C33H26N2O6/c1-17-10-6-8-14-22(17)34-29(36)25-20-16-21(33(40)41-19-12-4-3-5-13-19)24(27(25)31(34)38)28-26(20)30(37)35(32(28)39)23-15-9-7-11-18(23)2/h3-16,20,24-28H,1-2H3/t20?,24?,25-,26+,27-,28-/m0/s1. The highest BCUT2D eigenvalue weighted by Gasteiger charge is 2.71. The van der Waals surface area contributed by atoms with Gasteiger partial charge in [0.05, 0.1) is 35.0 Å². The zero-order valence-electron chi connectivity index (χ0n) is 22.4. The average Bonchev–Trinajstić information content (AvgIpc) is 3.40. The van der Waals surface area contributed by atoms with Gasteiger partial charge in [0.2, 0.25) is 23.6 Å². The molecule has 41 heavy (non-hydrogen) atoms. The smallest absolute Gasteiger partial charge is 0.339 e. The van der Waals surface area contributed by atoms with Crippen molar-refractivity contribution in [2.45, 2.75) is 13.8 Å². The summed E-state index contributed by atoms with van der Waals surface area (Å²) in [5, 5.41) is 0. The van der Waals surface area contributed by atoms with Gasteiger partial charge in [-0.15, -0.1) is 0 Å². The van der Waals surface area contributed by atoms with Crippen molar-refractivity contribution in [3.05, 3.63) is 102 Å². The largest absolute Gasteiger partial charge is 0.423 e. The summed E-state index contributed by atoms with van der Waals surface area (Å²) in [5.74, 6) is -7.59. The predicted molar refractivity (Wildman–Crippen MR) is 148 cm³/mol. The number of aryl methyl sites for hydroxylation is 2. The van der Waals surface area contributed by atoms with E-state index in [2.05, 4.69) is 0 Å². The molecule has 8 rings (SSSR count). The molecule has 1 saturated carbocycles. The third-order valence-electron chi connectivity index (χ3n) is 9.03. The van der Waals surface area contributed by atoms with Crippen molar-refractivity contribution in [2.24, 2.45) is 35.5 Å². The van der Waals surface area contributed by atoms with E-state index in [0.717, 1.165) is 11.1 Å². The summed E-state index contributed by atoms with van der Waals surface area (Å²) in [5.41, 5.74) is 2.59. The van der Waals surface area contributed by atoms with Crippen LogP contribution in [0.3, 0.4) is 0 Å². The molecule has 204 valence electrons. The fourth-order valence-corrected chi connectivity index (χ4v) is 7.31. The van der Waals surface area contributed by atoms with Gasteiger partial charge in [-0.3, -0.25) is 19.2 Å². The van der Waals surface area contributed by atoms with E-state index in [0.29, 0.717) is 17.1 Å². The number of carbonyl (C=O) groups excluding carboxylic acids is 5. The number of nitrogens with zero attached hydrogens (tertiary/aromatic N) is 2. The number of anilines is 2. The number of hydrogen-bond donors (Lipinski definition) is 0. The van der Waals surface area contributed by atoms with Gasteiger partial charge in [0.15, 0.2) is 0 Å². The number of esters is 1. The fraction of sp³-hybridized carbons (Fsp3) is 0.242. The Labute approximate surface area is 236 Å². The molecule has 3 aliphatic carbocycles. The van der Waals surface area contributed by atoms with E-state index in [1.807, 2.05) is 38.1 Å². The monoisotopic (exact) mass is 546 g/mol. The van der Waals surface area contributed by atoms with E-state index in [1.54, 1.807) is 60.7 Å². The molecule has 2 bridgehead atoms. The van der Waals surface area contributed by atoms with Crippen LogP contribution in [0, 0.1) is 49.4 Å². The molecule has 3 aromatic rings. The van der Waals surface area contributed by atoms with Crippen LogP contribution in [0.4, 0.5) is 11.4 Å². The molecule has 8 heteroatoms. The number of para-hydroxylation sites is 3. The minimum absolute atomic E-state index is 0.168. The lowest BCUT2D eigenvalue weighted by atomic mass is 9.52. The van der Waals surface area contributed by atoms with E-state index in [1.165, 1.54) is 9.80 Å². The summed E-state index contributed by atoms with van der Waals surface area (Å²) in [4.78, 5) is 72.2. The van der Waals surface area contributed by atoms with Crippen LogP contribution in [-0.2, 0) is 24.0 Å². The fourth-order valence-electron chi connectivity index (χ4n) is 7.31. The van der Waals surface area contributed by atoms with Crippen molar-refractivity contribution >= 4 is 41.0 Å².